The Balaban J connectivity index is 1.06. The number of rotatable bonds is 5. The fraction of sp³-hybridized carbons (Fsp3) is 0.0182. The summed E-state index contributed by atoms with van der Waals surface area (Å²) < 4.78 is 2.59. The zero-order valence-corrected chi connectivity index (χ0v) is 31.9. The van der Waals surface area contributed by atoms with Crippen LogP contribution in [0.2, 0.25) is 0 Å². The number of fused-ring (bicyclic) bond motifs is 13. The lowest BCUT2D eigenvalue weighted by atomic mass is 9.70. The summed E-state index contributed by atoms with van der Waals surface area (Å²) in [5.41, 5.74) is 18.6. The first-order valence-corrected chi connectivity index (χ1v) is 20.5. The van der Waals surface area contributed by atoms with Gasteiger partial charge < -0.3 is 4.90 Å². The van der Waals surface area contributed by atoms with E-state index < -0.39 is 5.41 Å². The number of nitrogens with zero attached hydrogens (tertiary/aromatic N) is 1. The molecule has 0 amide bonds. The third kappa shape index (κ3) is 4.68. The van der Waals surface area contributed by atoms with Crippen molar-refractivity contribution in [2.24, 2.45) is 0 Å². The van der Waals surface area contributed by atoms with E-state index in [4.69, 9.17) is 0 Å². The molecule has 0 saturated heterocycles. The maximum Gasteiger partial charge on any atom is 0.0726 e. The molecular weight excluding hydrogens is 707 g/mol. The lowest BCUT2D eigenvalue weighted by Gasteiger charge is -2.32. The van der Waals surface area contributed by atoms with Gasteiger partial charge in [-0.05, 0) is 103 Å². The van der Waals surface area contributed by atoms with Gasteiger partial charge in [-0.25, -0.2) is 0 Å². The Morgan fingerprint density at radius 1 is 0.333 bits per heavy atom. The van der Waals surface area contributed by atoms with Crippen LogP contribution in [0.5, 0.6) is 0 Å². The number of hydrogen-bond donors (Lipinski definition) is 0. The molecule has 0 unspecified atom stereocenters. The zero-order chi connectivity index (χ0) is 37.5. The van der Waals surface area contributed by atoms with E-state index in [0.29, 0.717) is 0 Å². The molecule has 0 radical (unpaired) electrons. The van der Waals surface area contributed by atoms with Gasteiger partial charge in [-0.3, -0.25) is 0 Å². The van der Waals surface area contributed by atoms with Crippen LogP contribution in [-0.2, 0) is 5.41 Å². The van der Waals surface area contributed by atoms with E-state index in [1.54, 1.807) is 0 Å². The van der Waals surface area contributed by atoms with Crippen LogP contribution in [-0.4, -0.2) is 0 Å². The van der Waals surface area contributed by atoms with E-state index in [1.807, 2.05) is 11.3 Å². The topological polar surface area (TPSA) is 3.24 Å². The van der Waals surface area contributed by atoms with Crippen LogP contribution >= 0.6 is 11.3 Å². The van der Waals surface area contributed by atoms with Crippen molar-refractivity contribution in [2.45, 2.75) is 5.41 Å². The highest BCUT2D eigenvalue weighted by molar-refractivity contribution is 7.26. The fourth-order valence-corrected chi connectivity index (χ4v) is 11.1. The standard InChI is InChI=1S/C55H35NS/c1-2-13-36(14-3-1)37-25-27-38(28-26-37)39-29-31-40(32-30-39)56(52-23-12-19-47-46-18-7-11-24-53(46)57-54(47)52)41-33-34-45-44-17-6-10-22-50(44)55(51(45)35-41)48-20-8-4-15-42(48)43-16-5-9-21-49(43)55/h1-35H. The fourth-order valence-electron chi connectivity index (χ4n) is 9.85. The molecule has 0 aliphatic heterocycles. The van der Waals surface area contributed by atoms with Gasteiger partial charge in [0.1, 0.15) is 0 Å². The highest BCUT2D eigenvalue weighted by atomic mass is 32.1. The average Bonchev–Trinajstić information content (AvgIpc) is 3.92. The van der Waals surface area contributed by atoms with Gasteiger partial charge in [0.05, 0.1) is 15.8 Å². The summed E-state index contributed by atoms with van der Waals surface area (Å²) in [5, 5.41) is 2.59. The Hall–Kier alpha value is -7.00. The van der Waals surface area contributed by atoms with E-state index in [-0.39, 0.29) is 0 Å². The molecular formula is C55H35NS. The van der Waals surface area contributed by atoms with E-state index >= 15 is 0 Å². The molecule has 0 fully saturated rings. The van der Waals surface area contributed by atoms with Gasteiger partial charge >= 0.3 is 0 Å². The lowest BCUT2D eigenvalue weighted by Crippen LogP contribution is -2.26. The predicted molar refractivity (Wildman–Crippen MR) is 241 cm³/mol. The summed E-state index contributed by atoms with van der Waals surface area (Å²) in [6, 6.07) is 78.6. The Morgan fingerprint density at radius 3 is 1.44 bits per heavy atom. The molecule has 2 heteroatoms. The van der Waals surface area contributed by atoms with Crippen LogP contribution in [0.25, 0.3) is 64.7 Å². The van der Waals surface area contributed by atoms with Crippen molar-refractivity contribution >= 4 is 48.6 Å². The average molecular weight is 742 g/mol. The second kappa shape index (κ2) is 12.5. The van der Waals surface area contributed by atoms with Gasteiger partial charge in [0, 0.05) is 26.8 Å². The Morgan fingerprint density at radius 2 is 0.807 bits per heavy atom. The maximum absolute atomic E-state index is 2.50. The summed E-state index contributed by atoms with van der Waals surface area (Å²) in [4.78, 5) is 2.49. The number of thiophene rings is 1. The summed E-state index contributed by atoms with van der Waals surface area (Å²) in [6.07, 6.45) is 0. The minimum absolute atomic E-state index is 0.416. The van der Waals surface area contributed by atoms with Crippen molar-refractivity contribution in [3.8, 4) is 44.5 Å². The van der Waals surface area contributed by atoms with Crippen LogP contribution in [0.3, 0.4) is 0 Å². The van der Waals surface area contributed by atoms with Crippen molar-refractivity contribution in [1.29, 1.82) is 0 Å². The highest BCUT2D eigenvalue weighted by Crippen LogP contribution is 2.63. The molecule has 57 heavy (non-hydrogen) atoms. The van der Waals surface area contributed by atoms with Crippen molar-refractivity contribution < 1.29 is 0 Å². The normalized spacial score (nSPS) is 13.1. The van der Waals surface area contributed by atoms with Crippen LogP contribution in [0, 0.1) is 0 Å². The van der Waals surface area contributed by atoms with Crippen LogP contribution in [0.15, 0.2) is 212 Å². The minimum atomic E-state index is -0.416. The van der Waals surface area contributed by atoms with Gasteiger partial charge in [0.15, 0.2) is 0 Å². The third-order valence-corrected chi connectivity index (χ3v) is 13.5. The minimum Gasteiger partial charge on any atom is -0.309 e. The molecule has 9 aromatic carbocycles. The largest absolute Gasteiger partial charge is 0.309 e. The molecule has 1 spiro atoms. The quantitative estimate of drug-likeness (QED) is 0.170. The smallest absolute Gasteiger partial charge is 0.0726 e. The monoisotopic (exact) mass is 741 g/mol. The summed E-state index contributed by atoms with van der Waals surface area (Å²) in [6.45, 7) is 0. The van der Waals surface area contributed by atoms with Gasteiger partial charge in [-0.2, -0.15) is 0 Å². The van der Waals surface area contributed by atoms with Crippen molar-refractivity contribution in [3.63, 3.8) is 0 Å². The number of hydrogen-bond acceptors (Lipinski definition) is 2. The molecule has 1 aromatic heterocycles. The van der Waals surface area contributed by atoms with E-state index in [1.165, 1.54) is 92.6 Å². The van der Waals surface area contributed by atoms with Crippen LogP contribution < -0.4 is 4.90 Å². The molecule has 0 atom stereocenters. The first kappa shape index (κ1) is 32.3. The predicted octanol–water partition coefficient (Wildman–Crippen LogP) is 15.2. The molecule has 0 N–H and O–H groups in total. The van der Waals surface area contributed by atoms with Crippen molar-refractivity contribution in [1.82, 2.24) is 0 Å². The second-order valence-corrected chi connectivity index (χ2v) is 16.2. The Kier molecular flexibility index (Phi) is 7.08. The molecule has 0 bridgehead atoms. The molecule has 2 aliphatic carbocycles. The Bertz CT molecular complexity index is 3110. The maximum atomic E-state index is 2.50. The molecule has 10 aromatic rings. The number of benzene rings is 9. The second-order valence-electron chi connectivity index (χ2n) is 15.2. The first-order chi connectivity index (χ1) is 28.3. The summed E-state index contributed by atoms with van der Waals surface area (Å²) in [7, 11) is 0. The van der Waals surface area contributed by atoms with Crippen LogP contribution in [0.4, 0.5) is 17.1 Å². The van der Waals surface area contributed by atoms with E-state index in [0.717, 1.165) is 11.4 Å². The van der Waals surface area contributed by atoms with Gasteiger partial charge in [-0.15, -0.1) is 11.3 Å². The SMILES string of the molecule is c1ccc(-c2ccc(-c3ccc(N(c4ccc5c(c4)C4(c6ccccc6-c6ccccc64)c4ccccc4-5)c4cccc5c4sc4ccccc45)cc3)cc2)cc1. The number of anilines is 3. The van der Waals surface area contributed by atoms with Gasteiger partial charge in [-0.1, -0.05) is 176 Å². The third-order valence-electron chi connectivity index (χ3n) is 12.3. The molecule has 1 nitrogen and oxygen atoms in total. The highest BCUT2D eigenvalue weighted by Gasteiger charge is 2.51. The van der Waals surface area contributed by atoms with E-state index in [9.17, 15) is 0 Å². The molecule has 0 saturated carbocycles. The van der Waals surface area contributed by atoms with Gasteiger partial charge in [0.2, 0.25) is 0 Å². The molecule has 266 valence electrons. The summed E-state index contributed by atoms with van der Waals surface area (Å²) in [5.74, 6) is 0. The molecule has 2 aliphatic rings. The first-order valence-electron chi connectivity index (χ1n) is 19.7. The zero-order valence-electron chi connectivity index (χ0n) is 31.1. The lowest BCUT2D eigenvalue weighted by molar-refractivity contribution is 0.793. The van der Waals surface area contributed by atoms with Crippen LogP contribution in [0.1, 0.15) is 22.3 Å². The van der Waals surface area contributed by atoms with Crippen molar-refractivity contribution in [2.75, 3.05) is 4.90 Å². The van der Waals surface area contributed by atoms with E-state index in [2.05, 4.69) is 217 Å². The Labute approximate surface area is 336 Å². The van der Waals surface area contributed by atoms with Crippen molar-refractivity contribution in [3.05, 3.63) is 235 Å². The van der Waals surface area contributed by atoms with Gasteiger partial charge in [0.25, 0.3) is 0 Å². The molecule has 1 heterocycles. The molecule has 12 rings (SSSR count). The summed E-state index contributed by atoms with van der Waals surface area (Å²) >= 11 is 1.88.